The van der Waals surface area contributed by atoms with Gasteiger partial charge < -0.3 is 15.5 Å². The first kappa shape index (κ1) is 9.77. The molecule has 2 bridgehead atoms. The molecule has 2 saturated carbocycles. The van der Waals surface area contributed by atoms with Crippen molar-refractivity contribution in [1.29, 1.82) is 0 Å². The second-order valence-corrected chi connectivity index (χ2v) is 4.56. The van der Waals surface area contributed by atoms with Gasteiger partial charge in [-0.15, -0.1) is 0 Å². The number of rotatable bonds is 1. The van der Waals surface area contributed by atoms with Crippen molar-refractivity contribution >= 4 is 6.09 Å². The average molecular weight is 199 g/mol. The number of amides is 1. The second kappa shape index (κ2) is 3.77. The number of hydrogen-bond acceptors (Lipinski definition) is 2. The number of carbonyl (C=O) groups is 1. The predicted molar refractivity (Wildman–Crippen MR) is 51.0 cm³/mol. The molecule has 0 heterocycles. The van der Waals surface area contributed by atoms with Crippen LogP contribution in [0.15, 0.2) is 0 Å². The molecule has 2 rings (SSSR count). The Morgan fingerprint density at radius 1 is 1.21 bits per heavy atom. The predicted octanol–water partition coefficient (Wildman–Crippen LogP) is 1.19. The molecular formula is C10H17NO3. The number of fused-ring (bicyclic) bond motifs is 2. The van der Waals surface area contributed by atoms with Gasteiger partial charge in [-0.2, -0.15) is 0 Å². The molecule has 0 spiro atoms. The van der Waals surface area contributed by atoms with Crippen LogP contribution in [0.2, 0.25) is 0 Å². The monoisotopic (exact) mass is 199 g/mol. The van der Waals surface area contributed by atoms with Gasteiger partial charge in [0.25, 0.3) is 0 Å². The third kappa shape index (κ3) is 1.85. The fraction of sp³-hybridized carbons (Fsp3) is 0.900. The Morgan fingerprint density at radius 3 is 2.29 bits per heavy atom. The lowest BCUT2D eigenvalue weighted by atomic mass is 9.68. The maximum Gasteiger partial charge on any atom is 0.404 e. The Morgan fingerprint density at radius 2 is 1.79 bits per heavy atom. The van der Waals surface area contributed by atoms with Gasteiger partial charge >= 0.3 is 6.09 Å². The van der Waals surface area contributed by atoms with E-state index in [2.05, 4.69) is 5.32 Å². The summed E-state index contributed by atoms with van der Waals surface area (Å²) in [5.41, 5.74) is 0. The van der Waals surface area contributed by atoms with Crippen molar-refractivity contribution in [3.05, 3.63) is 0 Å². The van der Waals surface area contributed by atoms with E-state index < -0.39 is 6.09 Å². The SMILES string of the molecule is O=C(O)N[C@@H]1C[C@H]2CCC[C@@H](C1)C2O. The molecule has 4 nitrogen and oxygen atoms in total. The zero-order valence-corrected chi connectivity index (χ0v) is 8.15. The summed E-state index contributed by atoms with van der Waals surface area (Å²) in [4.78, 5) is 10.5. The van der Waals surface area contributed by atoms with Crippen molar-refractivity contribution in [2.75, 3.05) is 0 Å². The molecule has 1 amide bonds. The molecule has 2 aliphatic rings. The minimum atomic E-state index is -0.940. The summed E-state index contributed by atoms with van der Waals surface area (Å²) < 4.78 is 0. The van der Waals surface area contributed by atoms with Gasteiger partial charge in [0.1, 0.15) is 0 Å². The van der Waals surface area contributed by atoms with Crippen LogP contribution in [0.5, 0.6) is 0 Å². The second-order valence-electron chi connectivity index (χ2n) is 4.56. The van der Waals surface area contributed by atoms with Crippen molar-refractivity contribution in [2.24, 2.45) is 11.8 Å². The summed E-state index contributed by atoms with van der Waals surface area (Å²) in [7, 11) is 0. The molecule has 0 aromatic carbocycles. The van der Waals surface area contributed by atoms with Crippen LogP contribution < -0.4 is 5.32 Å². The lowest BCUT2D eigenvalue weighted by molar-refractivity contribution is -0.0244. The molecule has 14 heavy (non-hydrogen) atoms. The lowest BCUT2D eigenvalue weighted by Gasteiger charge is -2.43. The van der Waals surface area contributed by atoms with Crippen LogP contribution in [0.3, 0.4) is 0 Å². The normalized spacial score (nSPS) is 41.8. The summed E-state index contributed by atoms with van der Waals surface area (Å²) >= 11 is 0. The van der Waals surface area contributed by atoms with Gasteiger partial charge in [0, 0.05) is 6.04 Å². The van der Waals surface area contributed by atoms with E-state index in [1.807, 2.05) is 0 Å². The maximum atomic E-state index is 10.5. The number of carboxylic acid groups (broad SMARTS) is 1. The van der Waals surface area contributed by atoms with Crippen LogP contribution >= 0.6 is 0 Å². The van der Waals surface area contributed by atoms with Gasteiger partial charge in [0.15, 0.2) is 0 Å². The van der Waals surface area contributed by atoms with Crippen LogP contribution in [0, 0.1) is 11.8 Å². The van der Waals surface area contributed by atoms with Gasteiger partial charge in [0.05, 0.1) is 6.10 Å². The van der Waals surface area contributed by atoms with Gasteiger partial charge in [-0.05, 0) is 37.5 Å². The Labute approximate surface area is 83.3 Å². The number of aliphatic hydroxyl groups is 1. The first-order chi connectivity index (χ1) is 6.66. The van der Waals surface area contributed by atoms with E-state index >= 15 is 0 Å². The molecule has 0 radical (unpaired) electrons. The maximum absolute atomic E-state index is 10.5. The van der Waals surface area contributed by atoms with E-state index in [4.69, 9.17) is 5.11 Å². The third-order valence-electron chi connectivity index (χ3n) is 3.62. The summed E-state index contributed by atoms with van der Waals surface area (Å²) in [6, 6.07) is 0.0613. The zero-order valence-electron chi connectivity index (χ0n) is 8.15. The standard InChI is InChI=1S/C10H17NO3/c12-9-6-2-1-3-7(9)5-8(4-6)11-10(13)14/h6-9,11-12H,1-5H2,(H,13,14)/t6-,7+,8-,9?. The van der Waals surface area contributed by atoms with E-state index in [0.717, 1.165) is 25.7 Å². The van der Waals surface area contributed by atoms with E-state index in [1.165, 1.54) is 6.42 Å². The molecule has 80 valence electrons. The molecule has 2 aliphatic carbocycles. The van der Waals surface area contributed by atoms with Crippen molar-refractivity contribution in [1.82, 2.24) is 5.32 Å². The molecule has 0 aliphatic heterocycles. The largest absolute Gasteiger partial charge is 0.465 e. The Balaban J connectivity index is 1.97. The van der Waals surface area contributed by atoms with Crippen LogP contribution in [-0.2, 0) is 0 Å². The minimum absolute atomic E-state index is 0.0613. The highest BCUT2D eigenvalue weighted by Crippen LogP contribution is 2.40. The summed E-state index contributed by atoms with van der Waals surface area (Å²) in [6.07, 6.45) is 3.78. The van der Waals surface area contributed by atoms with Crippen molar-refractivity contribution in [3.8, 4) is 0 Å². The minimum Gasteiger partial charge on any atom is -0.465 e. The summed E-state index contributed by atoms with van der Waals surface area (Å²) in [5.74, 6) is 0.638. The molecule has 4 heteroatoms. The molecule has 1 unspecified atom stereocenters. The molecule has 0 saturated heterocycles. The lowest BCUT2D eigenvalue weighted by Crippen LogP contribution is -2.48. The molecule has 0 aromatic rings. The van der Waals surface area contributed by atoms with Gasteiger partial charge in [-0.1, -0.05) is 6.42 Å². The van der Waals surface area contributed by atoms with E-state index in [1.54, 1.807) is 0 Å². The van der Waals surface area contributed by atoms with Crippen LogP contribution in [-0.4, -0.2) is 28.5 Å². The fourth-order valence-electron chi connectivity index (χ4n) is 3.00. The molecular weight excluding hydrogens is 182 g/mol. The number of aliphatic hydroxyl groups excluding tert-OH is 1. The van der Waals surface area contributed by atoms with Crippen LogP contribution in [0.1, 0.15) is 32.1 Å². The smallest absolute Gasteiger partial charge is 0.404 e. The number of hydrogen-bond donors (Lipinski definition) is 3. The van der Waals surface area contributed by atoms with Crippen LogP contribution in [0.4, 0.5) is 4.79 Å². The van der Waals surface area contributed by atoms with Crippen molar-refractivity contribution < 1.29 is 15.0 Å². The summed E-state index contributed by atoms with van der Waals surface area (Å²) in [6.45, 7) is 0. The quantitative estimate of drug-likeness (QED) is 0.594. The third-order valence-corrected chi connectivity index (χ3v) is 3.62. The van der Waals surface area contributed by atoms with Crippen LogP contribution in [0.25, 0.3) is 0 Å². The molecule has 2 fully saturated rings. The van der Waals surface area contributed by atoms with E-state index in [-0.39, 0.29) is 12.1 Å². The van der Waals surface area contributed by atoms with E-state index in [0.29, 0.717) is 11.8 Å². The highest BCUT2D eigenvalue weighted by atomic mass is 16.4. The molecule has 4 atom stereocenters. The van der Waals surface area contributed by atoms with Gasteiger partial charge in [-0.3, -0.25) is 0 Å². The summed E-state index contributed by atoms with van der Waals surface area (Å²) in [5, 5.41) is 21.0. The van der Waals surface area contributed by atoms with Crippen molar-refractivity contribution in [3.63, 3.8) is 0 Å². The van der Waals surface area contributed by atoms with Gasteiger partial charge in [0.2, 0.25) is 0 Å². The molecule has 0 aromatic heterocycles. The first-order valence-electron chi connectivity index (χ1n) is 5.34. The molecule has 3 N–H and O–H groups in total. The average Bonchev–Trinajstić information content (AvgIpc) is 2.05. The number of nitrogens with one attached hydrogen (secondary N) is 1. The van der Waals surface area contributed by atoms with E-state index in [9.17, 15) is 9.90 Å². The first-order valence-corrected chi connectivity index (χ1v) is 5.34. The Bertz CT molecular complexity index is 217. The zero-order chi connectivity index (χ0) is 10.1. The van der Waals surface area contributed by atoms with Gasteiger partial charge in [-0.25, -0.2) is 4.79 Å². The Hall–Kier alpha value is -0.770. The van der Waals surface area contributed by atoms with Crippen molar-refractivity contribution in [2.45, 2.75) is 44.2 Å². The fourth-order valence-corrected chi connectivity index (χ4v) is 3.00. The Kier molecular flexibility index (Phi) is 2.63. The highest BCUT2D eigenvalue weighted by Gasteiger charge is 2.39. The highest BCUT2D eigenvalue weighted by molar-refractivity contribution is 5.64. The topological polar surface area (TPSA) is 69.6 Å².